The second kappa shape index (κ2) is 7.10. The summed E-state index contributed by atoms with van der Waals surface area (Å²) in [6.07, 6.45) is 7.52. The maximum absolute atomic E-state index is 12.3. The van der Waals surface area contributed by atoms with Crippen molar-refractivity contribution in [2.24, 2.45) is 0 Å². The number of carbonyl (C=O) groups excluding carboxylic acids is 1. The van der Waals surface area contributed by atoms with E-state index < -0.39 is 12.0 Å². The zero-order valence-corrected chi connectivity index (χ0v) is 12.2. The molecule has 3 N–H and O–H groups in total. The largest absolute Gasteiger partial charge is 0.480 e. The average Bonchev–Trinajstić information content (AvgIpc) is 3.11. The Bertz CT molecular complexity index is 469. The first-order valence-electron chi connectivity index (χ1n) is 7.39. The summed E-state index contributed by atoms with van der Waals surface area (Å²) in [4.78, 5) is 32.1. The van der Waals surface area contributed by atoms with E-state index in [1.807, 2.05) is 6.92 Å². The first-order chi connectivity index (χ1) is 10.1. The van der Waals surface area contributed by atoms with Gasteiger partial charge in [0.05, 0.1) is 6.33 Å². The quantitative estimate of drug-likeness (QED) is 0.738. The number of nitrogens with one attached hydrogen (secondary N) is 2. The fraction of sp³-hybridized carbons (Fsp3) is 0.643. The first-order valence-corrected chi connectivity index (χ1v) is 7.39. The van der Waals surface area contributed by atoms with Gasteiger partial charge >= 0.3 is 12.0 Å². The fourth-order valence-electron chi connectivity index (χ4n) is 2.83. The molecular weight excluding hydrogens is 272 g/mol. The molecule has 21 heavy (non-hydrogen) atoms. The van der Waals surface area contributed by atoms with Crippen LogP contribution in [-0.2, 0) is 11.2 Å². The van der Waals surface area contributed by atoms with Gasteiger partial charge in [-0.25, -0.2) is 14.6 Å². The van der Waals surface area contributed by atoms with E-state index in [-0.39, 0.29) is 18.5 Å². The third kappa shape index (κ3) is 3.96. The lowest BCUT2D eigenvalue weighted by Gasteiger charge is -2.29. The number of imidazole rings is 1. The second-order valence-corrected chi connectivity index (χ2v) is 5.35. The van der Waals surface area contributed by atoms with Crippen LogP contribution in [0, 0.1) is 0 Å². The summed E-state index contributed by atoms with van der Waals surface area (Å²) >= 11 is 0. The van der Waals surface area contributed by atoms with E-state index in [0.717, 1.165) is 25.7 Å². The molecule has 116 valence electrons. The Labute approximate surface area is 123 Å². The van der Waals surface area contributed by atoms with Gasteiger partial charge in [0.25, 0.3) is 0 Å². The van der Waals surface area contributed by atoms with Crippen LogP contribution < -0.4 is 5.32 Å². The Morgan fingerprint density at radius 2 is 2.24 bits per heavy atom. The number of carbonyl (C=O) groups is 2. The van der Waals surface area contributed by atoms with Crippen LogP contribution in [0.25, 0.3) is 0 Å². The van der Waals surface area contributed by atoms with Crippen molar-refractivity contribution in [2.45, 2.75) is 51.1 Å². The maximum Gasteiger partial charge on any atom is 0.326 e. The monoisotopic (exact) mass is 294 g/mol. The van der Waals surface area contributed by atoms with Gasteiger partial charge in [0.2, 0.25) is 0 Å². The van der Waals surface area contributed by atoms with Crippen LogP contribution in [0.2, 0.25) is 0 Å². The number of hydrogen-bond donors (Lipinski definition) is 3. The number of aliphatic carboxylic acids is 1. The molecule has 0 radical (unpaired) electrons. The SMILES string of the molecule is CCN(C(=O)NC(Cc1cnc[nH]1)C(=O)O)C1CCCC1. The standard InChI is InChI=1S/C14H22N4O3/c1-2-18(11-5-3-4-6-11)14(21)17-12(13(19)20)7-10-8-15-9-16-10/h8-9,11-12H,2-7H2,1H3,(H,15,16)(H,17,21)(H,19,20). The molecule has 0 spiro atoms. The van der Waals surface area contributed by atoms with Crippen molar-refractivity contribution >= 4 is 12.0 Å². The highest BCUT2D eigenvalue weighted by molar-refractivity contribution is 5.83. The minimum absolute atomic E-state index is 0.198. The number of carboxylic acid groups (broad SMARTS) is 1. The number of urea groups is 1. The molecule has 7 heteroatoms. The van der Waals surface area contributed by atoms with E-state index in [9.17, 15) is 14.7 Å². The van der Waals surface area contributed by atoms with Crippen molar-refractivity contribution < 1.29 is 14.7 Å². The molecular formula is C14H22N4O3. The van der Waals surface area contributed by atoms with Gasteiger partial charge in [0.1, 0.15) is 6.04 Å². The summed E-state index contributed by atoms with van der Waals surface area (Å²) in [6, 6.07) is -1.01. The molecule has 1 aliphatic carbocycles. The molecule has 0 saturated heterocycles. The number of amides is 2. The minimum atomic E-state index is -1.04. The highest BCUT2D eigenvalue weighted by atomic mass is 16.4. The highest BCUT2D eigenvalue weighted by Gasteiger charge is 2.28. The molecule has 0 aromatic carbocycles. The van der Waals surface area contributed by atoms with Crippen molar-refractivity contribution in [3.05, 3.63) is 18.2 Å². The Hall–Kier alpha value is -2.05. The fourth-order valence-corrected chi connectivity index (χ4v) is 2.83. The molecule has 7 nitrogen and oxygen atoms in total. The van der Waals surface area contributed by atoms with E-state index in [1.54, 1.807) is 11.1 Å². The van der Waals surface area contributed by atoms with Gasteiger partial charge in [-0.15, -0.1) is 0 Å². The Balaban J connectivity index is 1.97. The molecule has 1 saturated carbocycles. The van der Waals surface area contributed by atoms with Crippen LogP contribution in [0.15, 0.2) is 12.5 Å². The zero-order valence-electron chi connectivity index (χ0n) is 12.2. The summed E-state index contributed by atoms with van der Waals surface area (Å²) in [5.74, 6) is -1.04. The van der Waals surface area contributed by atoms with E-state index in [2.05, 4.69) is 15.3 Å². The summed E-state index contributed by atoms with van der Waals surface area (Å²) in [7, 11) is 0. The molecule has 1 aromatic rings. The number of aromatic amines is 1. The predicted octanol–water partition coefficient (Wildman–Crippen LogP) is 1.38. The molecule has 0 bridgehead atoms. The lowest BCUT2D eigenvalue weighted by Crippen LogP contribution is -2.51. The molecule has 1 aromatic heterocycles. The summed E-state index contributed by atoms with van der Waals surface area (Å²) in [5.41, 5.74) is 0.687. The minimum Gasteiger partial charge on any atom is -0.480 e. The Kier molecular flexibility index (Phi) is 5.19. The lowest BCUT2D eigenvalue weighted by atomic mass is 10.1. The number of carboxylic acids is 1. The molecule has 0 aliphatic heterocycles. The van der Waals surface area contributed by atoms with Crippen LogP contribution in [0.3, 0.4) is 0 Å². The number of H-pyrrole nitrogens is 1. The molecule has 1 heterocycles. The van der Waals surface area contributed by atoms with Gasteiger partial charge in [-0.1, -0.05) is 12.8 Å². The van der Waals surface area contributed by atoms with E-state index >= 15 is 0 Å². The van der Waals surface area contributed by atoms with Crippen LogP contribution >= 0.6 is 0 Å². The van der Waals surface area contributed by atoms with Crippen molar-refractivity contribution in [3.63, 3.8) is 0 Å². The Morgan fingerprint density at radius 1 is 1.52 bits per heavy atom. The van der Waals surface area contributed by atoms with E-state index in [0.29, 0.717) is 12.2 Å². The lowest BCUT2D eigenvalue weighted by molar-refractivity contribution is -0.139. The van der Waals surface area contributed by atoms with Crippen LogP contribution in [0.1, 0.15) is 38.3 Å². The predicted molar refractivity (Wildman–Crippen MR) is 76.9 cm³/mol. The third-order valence-electron chi connectivity index (χ3n) is 3.94. The van der Waals surface area contributed by atoms with Gasteiger partial charge in [0, 0.05) is 30.9 Å². The topological polar surface area (TPSA) is 98.3 Å². The number of hydrogen-bond acceptors (Lipinski definition) is 3. The van der Waals surface area contributed by atoms with Crippen LogP contribution in [0.4, 0.5) is 4.79 Å². The van der Waals surface area contributed by atoms with Crippen molar-refractivity contribution in [2.75, 3.05) is 6.54 Å². The van der Waals surface area contributed by atoms with Gasteiger partial charge in [0.15, 0.2) is 0 Å². The van der Waals surface area contributed by atoms with E-state index in [1.165, 1.54) is 6.33 Å². The van der Waals surface area contributed by atoms with Crippen molar-refractivity contribution in [3.8, 4) is 0 Å². The Morgan fingerprint density at radius 3 is 2.76 bits per heavy atom. The molecule has 1 aliphatic rings. The van der Waals surface area contributed by atoms with Gasteiger partial charge in [-0.05, 0) is 19.8 Å². The van der Waals surface area contributed by atoms with Gasteiger partial charge in [-0.3, -0.25) is 0 Å². The average molecular weight is 294 g/mol. The summed E-state index contributed by atoms with van der Waals surface area (Å²) in [5, 5.41) is 11.9. The van der Waals surface area contributed by atoms with Crippen molar-refractivity contribution in [1.29, 1.82) is 0 Å². The number of aromatic nitrogens is 2. The molecule has 2 amide bonds. The maximum atomic E-state index is 12.3. The summed E-state index contributed by atoms with van der Waals surface area (Å²) in [6.45, 7) is 2.51. The second-order valence-electron chi connectivity index (χ2n) is 5.35. The molecule has 2 rings (SSSR count). The third-order valence-corrected chi connectivity index (χ3v) is 3.94. The normalized spacial score (nSPS) is 16.6. The van der Waals surface area contributed by atoms with Crippen LogP contribution in [0.5, 0.6) is 0 Å². The zero-order chi connectivity index (χ0) is 15.2. The van der Waals surface area contributed by atoms with Gasteiger partial charge in [-0.2, -0.15) is 0 Å². The smallest absolute Gasteiger partial charge is 0.326 e. The van der Waals surface area contributed by atoms with Crippen LogP contribution in [-0.4, -0.2) is 50.6 Å². The van der Waals surface area contributed by atoms with E-state index in [4.69, 9.17) is 0 Å². The summed E-state index contributed by atoms with van der Waals surface area (Å²) < 4.78 is 0. The first kappa shape index (κ1) is 15.3. The number of nitrogens with zero attached hydrogens (tertiary/aromatic N) is 2. The molecule has 1 atom stereocenters. The molecule has 1 unspecified atom stereocenters. The highest BCUT2D eigenvalue weighted by Crippen LogP contribution is 2.23. The molecule has 1 fully saturated rings. The number of rotatable bonds is 6. The van der Waals surface area contributed by atoms with Crippen molar-refractivity contribution in [1.82, 2.24) is 20.2 Å². The van der Waals surface area contributed by atoms with Gasteiger partial charge < -0.3 is 20.3 Å².